The molecule has 4 heterocycles. The van der Waals surface area contributed by atoms with E-state index in [1.54, 1.807) is 6.20 Å². The first kappa shape index (κ1) is 22.1. The molecular formula is C19H28Cl2N4O2. The first-order valence-electron chi connectivity index (χ1n) is 9.16. The normalized spacial score (nSPS) is 21.5. The molecule has 0 bridgehead atoms. The van der Waals surface area contributed by atoms with Crippen LogP contribution in [0.25, 0.3) is 11.4 Å². The summed E-state index contributed by atoms with van der Waals surface area (Å²) in [5.74, 6) is 0.883. The molecule has 2 aromatic heterocycles. The zero-order valence-electron chi connectivity index (χ0n) is 15.6. The van der Waals surface area contributed by atoms with Crippen molar-refractivity contribution in [1.29, 1.82) is 0 Å². The Morgan fingerprint density at radius 3 is 2.78 bits per heavy atom. The Bertz CT molecular complexity index is 687. The summed E-state index contributed by atoms with van der Waals surface area (Å²) < 4.78 is 11.7. The summed E-state index contributed by atoms with van der Waals surface area (Å²) in [5.41, 5.74) is 1.72. The van der Waals surface area contributed by atoms with Gasteiger partial charge >= 0.3 is 0 Å². The van der Waals surface area contributed by atoms with E-state index >= 15 is 0 Å². The number of aromatic nitrogens is 2. The standard InChI is InChI=1S/C19H26N4O2.2ClH/c1-23(15-5-11-24-19(13-15)6-9-20-10-7-19)14-16-12-18(22-25-16)17-4-2-3-8-21-17;;/h2-4,8,12,15,20H,5-7,9-11,13-14H2,1H3;2*1H. The lowest BCUT2D eigenvalue weighted by Gasteiger charge is -2.45. The smallest absolute Gasteiger partial charge is 0.151 e. The summed E-state index contributed by atoms with van der Waals surface area (Å²) in [6, 6.07) is 8.34. The molecule has 2 aliphatic rings. The van der Waals surface area contributed by atoms with Gasteiger partial charge in [0.25, 0.3) is 0 Å². The molecule has 2 aliphatic heterocycles. The van der Waals surface area contributed by atoms with Crippen LogP contribution < -0.4 is 5.32 Å². The minimum absolute atomic E-state index is 0. The van der Waals surface area contributed by atoms with Crippen molar-refractivity contribution in [2.24, 2.45) is 0 Å². The Hall–Kier alpha value is -1.18. The largest absolute Gasteiger partial charge is 0.375 e. The quantitative estimate of drug-likeness (QED) is 0.827. The monoisotopic (exact) mass is 414 g/mol. The summed E-state index contributed by atoms with van der Waals surface area (Å²) in [7, 11) is 2.17. The number of rotatable bonds is 4. The molecule has 2 saturated heterocycles. The minimum atomic E-state index is 0. The second kappa shape index (κ2) is 9.85. The Morgan fingerprint density at radius 1 is 1.22 bits per heavy atom. The summed E-state index contributed by atoms with van der Waals surface area (Å²) >= 11 is 0. The molecule has 0 saturated carbocycles. The lowest BCUT2D eigenvalue weighted by molar-refractivity contribution is -0.119. The predicted molar refractivity (Wildman–Crippen MR) is 110 cm³/mol. The molecule has 27 heavy (non-hydrogen) atoms. The highest BCUT2D eigenvalue weighted by Gasteiger charge is 2.39. The van der Waals surface area contributed by atoms with Gasteiger partial charge in [0.15, 0.2) is 5.76 Å². The summed E-state index contributed by atoms with van der Waals surface area (Å²) in [4.78, 5) is 6.71. The zero-order chi connectivity index (χ0) is 17.1. The third kappa shape index (κ3) is 5.21. The summed E-state index contributed by atoms with van der Waals surface area (Å²) in [5, 5.41) is 7.61. The van der Waals surface area contributed by atoms with Crippen LogP contribution in [0.1, 0.15) is 31.4 Å². The van der Waals surface area contributed by atoms with Crippen LogP contribution in [-0.2, 0) is 11.3 Å². The van der Waals surface area contributed by atoms with Gasteiger partial charge in [-0.15, -0.1) is 24.8 Å². The summed E-state index contributed by atoms with van der Waals surface area (Å²) in [6.45, 7) is 3.74. The van der Waals surface area contributed by atoms with Crippen molar-refractivity contribution < 1.29 is 9.26 Å². The molecule has 0 radical (unpaired) electrons. The minimum Gasteiger partial charge on any atom is -0.375 e. The van der Waals surface area contributed by atoms with Crippen molar-refractivity contribution in [3.05, 3.63) is 36.2 Å². The SMILES string of the molecule is CN(Cc1cc(-c2ccccn2)no1)C1CCOC2(CCNCC2)C1.Cl.Cl. The number of halogens is 2. The molecule has 6 nitrogen and oxygen atoms in total. The molecule has 8 heteroatoms. The first-order valence-corrected chi connectivity index (χ1v) is 9.16. The molecule has 150 valence electrons. The molecule has 0 amide bonds. The van der Waals surface area contributed by atoms with Crippen molar-refractivity contribution in [2.75, 3.05) is 26.7 Å². The lowest BCUT2D eigenvalue weighted by Crippen LogP contribution is -2.52. The molecule has 4 rings (SSSR count). The Balaban J connectivity index is 0.00000131. The fraction of sp³-hybridized carbons (Fsp3) is 0.579. The van der Waals surface area contributed by atoms with E-state index in [0.717, 1.165) is 69.1 Å². The highest BCUT2D eigenvalue weighted by molar-refractivity contribution is 5.85. The number of nitrogens with zero attached hydrogens (tertiary/aromatic N) is 3. The van der Waals surface area contributed by atoms with Crippen LogP contribution in [0.15, 0.2) is 35.0 Å². The van der Waals surface area contributed by atoms with Crippen LogP contribution in [0.3, 0.4) is 0 Å². The second-order valence-electron chi connectivity index (χ2n) is 7.24. The van der Waals surface area contributed by atoms with Gasteiger partial charge < -0.3 is 14.6 Å². The topological polar surface area (TPSA) is 63.4 Å². The molecule has 0 aliphatic carbocycles. The van der Waals surface area contributed by atoms with Gasteiger partial charge in [-0.2, -0.15) is 0 Å². The van der Waals surface area contributed by atoms with Crippen molar-refractivity contribution in [3.8, 4) is 11.4 Å². The van der Waals surface area contributed by atoms with Crippen LogP contribution in [0.2, 0.25) is 0 Å². The van der Waals surface area contributed by atoms with Gasteiger partial charge in [-0.25, -0.2) is 0 Å². The molecular weight excluding hydrogens is 387 g/mol. The lowest BCUT2D eigenvalue weighted by atomic mass is 9.82. The van der Waals surface area contributed by atoms with Crippen molar-refractivity contribution >= 4 is 24.8 Å². The van der Waals surface area contributed by atoms with Gasteiger partial charge in [-0.3, -0.25) is 9.88 Å². The van der Waals surface area contributed by atoms with E-state index in [9.17, 15) is 0 Å². The number of ether oxygens (including phenoxy) is 1. The number of piperidine rings is 1. The van der Waals surface area contributed by atoms with E-state index in [4.69, 9.17) is 9.26 Å². The van der Waals surface area contributed by atoms with Crippen LogP contribution in [-0.4, -0.2) is 53.4 Å². The first-order chi connectivity index (χ1) is 12.2. The van der Waals surface area contributed by atoms with Crippen molar-refractivity contribution in [3.63, 3.8) is 0 Å². The molecule has 2 fully saturated rings. The number of nitrogens with one attached hydrogen (secondary N) is 1. The highest BCUT2D eigenvalue weighted by Crippen LogP contribution is 2.35. The Morgan fingerprint density at radius 2 is 2.04 bits per heavy atom. The average Bonchev–Trinajstić information content (AvgIpc) is 3.12. The fourth-order valence-corrected chi connectivity index (χ4v) is 4.01. The number of pyridine rings is 1. The molecule has 1 N–H and O–H groups in total. The van der Waals surface area contributed by atoms with Gasteiger partial charge in [0.1, 0.15) is 5.69 Å². The average molecular weight is 415 g/mol. The Kier molecular flexibility index (Phi) is 8.06. The Labute approximate surface area is 172 Å². The van der Waals surface area contributed by atoms with Crippen LogP contribution in [0.4, 0.5) is 0 Å². The molecule has 1 atom stereocenters. The van der Waals surface area contributed by atoms with Crippen molar-refractivity contribution in [1.82, 2.24) is 20.4 Å². The van der Waals surface area contributed by atoms with E-state index < -0.39 is 0 Å². The van der Waals surface area contributed by atoms with E-state index in [-0.39, 0.29) is 30.4 Å². The molecule has 1 spiro atoms. The van der Waals surface area contributed by atoms with E-state index in [0.29, 0.717) is 6.04 Å². The van der Waals surface area contributed by atoms with Crippen LogP contribution in [0.5, 0.6) is 0 Å². The molecule has 2 aromatic rings. The van der Waals surface area contributed by atoms with Crippen molar-refractivity contribution in [2.45, 2.75) is 43.9 Å². The fourth-order valence-electron chi connectivity index (χ4n) is 4.01. The maximum absolute atomic E-state index is 6.19. The maximum atomic E-state index is 6.19. The third-order valence-corrected chi connectivity index (χ3v) is 5.50. The zero-order valence-corrected chi connectivity index (χ0v) is 17.2. The van der Waals surface area contributed by atoms with Crippen LogP contribution >= 0.6 is 24.8 Å². The predicted octanol–water partition coefficient (Wildman–Crippen LogP) is 3.31. The van der Waals surface area contributed by atoms with E-state index in [1.807, 2.05) is 24.3 Å². The van der Waals surface area contributed by atoms with Gasteiger partial charge in [-0.05, 0) is 58.0 Å². The molecule has 1 unspecified atom stereocenters. The van der Waals surface area contributed by atoms with Gasteiger partial charge in [0.2, 0.25) is 0 Å². The van der Waals surface area contributed by atoms with Gasteiger partial charge in [0.05, 0.1) is 17.8 Å². The summed E-state index contributed by atoms with van der Waals surface area (Å²) in [6.07, 6.45) is 6.18. The number of hydrogen-bond acceptors (Lipinski definition) is 6. The van der Waals surface area contributed by atoms with Crippen LogP contribution in [0, 0.1) is 0 Å². The molecule has 0 aromatic carbocycles. The second-order valence-corrected chi connectivity index (χ2v) is 7.24. The highest BCUT2D eigenvalue weighted by atomic mass is 35.5. The van der Waals surface area contributed by atoms with E-state index in [2.05, 4.69) is 27.4 Å². The third-order valence-electron chi connectivity index (χ3n) is 5.50. The maximum Gasteiger partial charge on any atom is 0.151 e. The van der Waals surface area contributed by atoms with E-state index in [1.165, 1.54) is 0 Å². The van der Waals surface area contributed by atoms with Gasteiger partial charge in [-0.1, -0.05) is 11.2 Å². The number of hydrogen-bond donors (Lipinski definition) is 1. The van der Waals surface area contributed by atoms with Gasteiger partial charge in [0, 0.05) is 24.9 Å².